The summed E-state index contributed by atoms with van der Waals surface area (Å²) in [5, 5.41) is 0. The van der Waals surface area contributed by atoms with Crippen LogP contribution in [0.1, 0.15) is 19.8 Å². The van der Waals surface area contributed by atoms with Gasteiger partial charge in [-0.2, -0.15) is 0 Å². The van der Waals surface area contributed by atoms with E-state index in [1.165, 1.54) is 5.69 Å². The molecule has 1 heterocycles. The molecule has 1 fully saturated rings. The minimum atomic E-state index is 0.362. The first-order valence-corrected chi connectivity index (χ1v) is 7.14. The van der Waals surface area contributed by atoms with E-state index in [2.05, 4.69) is 61.9 Å². The molecule has 2 N–H and O–H groups in total. The molecule has 88 valence electrons. The van der Waals surface area contributed by atoms with Gasteiger partial charge in [-0.05, 0) is 53.9 Å². The molecule has 1 aromatic rings. The van der Waals surface area contributed by atoms with Gasteiger partial charge >= 0.3 is 0 Å². The third-order valence-electron chi connectivity index (χ3n) is 3.14. The highest BCUT2D eigenvalue weighted by Gasteiger charge is 2.24. The maximum absolute atomic E-state index is 5.98. The number of anilines is 1. The lowest BCUT2D eigenvalue weighted by atomic mass is 9.98. The van der Waals surface area contributed by atoms with Crippen molar-refractivity contribution < 1.29 is 0 Å². The van der Waals surface area contributed by atoms with Crippen molar-refractivity contribution in [1.82, 2.24) is 0 Å². The Morgan fingerprint density at radius 3 is 2.75 bits per heavy atom. The first-order valence-electron chi connectivity index (χ1n) is 5.55. The Bertz CT molecular complexity index is 381. The average Bonchev–Trinajstić information content (AvgIpc) is 2.19. The van der Waals surface area contributed by atoms with Gasteiger partial charge in [0.2, 0.25) is 0 Å². The minimum Gasteiger partial charge on any atom is -0.368 e. The number of hydrogen-bond donors (Lipinski definition) is 1. The van der Waals surface area contributed by atoms with Crippen LogP contribution in [0.15, 0.2) is 27.1 Å². The molecule has 16 heavy (non-hydrogen) atoms. The van der Waals surface area contributed by atoms with E-state index in [1.54, 1.807) is 0 Å². The number of piperidine rings is 1. The number of nitrogens with zero attached hydrogens (tertiary/aromatic N) is 1. The highest BCUT2D eigenvalue weighted by atomic mass is 79.9. The van der Waals surface area contributed by atoms with Gasteiger partial charge in [-0.3, -0.25) is 0 Å². The number of nitrogens with two attached hydrogens (primary N) is 1. The maximum atomic E-state index is 5.98. The van der Waals surface area contributed by atoms with Gasteiger partial charge in [0.25, 0.3) is 0 Å². The molecule has 0 bridgehead atoms. The molecular weight excluding hydrogens is 332 g/mol. The monoisotopic (exact) mass is 346 g/mol. The molecule has 1 aliphatic heterocycles. The zero-order valence-corrected chi connectivity index (χ0v) is 12.5. The molecule has 0 radical (unpaired) electrons. The molecule has 2 nitrogen and oxygen atoms in total. The summed E-state index contributed by atoms with van der Waals surface area (Å²) in [5.41, 5.74) is 7.25. The summed E-state index contributed by atoms with van der Waals surface area (Å²) < 4.78 is 2.24. The van der Waals surface area contributed by atoms with Crippen LogP contribution in [-0.4, -0.2) is 18.6 Å². The summed E-state index contributed by atoms with van der Waals surface area (Å²) in [4.78, 5) is 2.43. The fraction of sp³-hybridized carbons (Fsp3) is 0.500. The second kappa shape index (κ2) is 5.07. The van der Waals surface area contributed by atoms with E-state index in [4.69, 9.17) is 5.73 Å². The zero-order chi connectivity index (χ0) is 11.7. The molecule has 0 amide bonds. The molecule has 0 aromatic heterocycles. The third-order valence-corrected chi connectivity index (χ3v) is 4.26. The molecule has 4 heteroatoms. The number of benzene rings is 1. The van der Waals surface area contributed by atoms with Crippen molar-refractivity contribution in [3.05, 3.63) is 27.1 Å². The van der Waals surface area contributed by atoms with Crippen molar-refractivity contribution in [2.24, 2.45) is 5.73 Å². The first kappa shape index (κ1) is 12.4. The summed E-state index contributed by atoms with van der Waals surface area (Å²) in [6, 6.07) is 7.21. The van der Waals surface area contributed by atoms with Crippen LogP contribution in [0.4, 0.5) is 5.69 Å². The molecule has 1 aromatic carbocycles. The number of rotatable bonds is 1. The van der Waals surface area contributed by atoms with Crippen LogP contribution in [0.2, 0.25) is 0 Å². The Labute approximate surface area is 113 Å². The quantitative estimate of drug-likeness (QED) is 0.842. The first-order chi connectivity index (χ1) is 7.58. The molecule has 2 rings (SSSR count). The molecule has 0 saturated carbocycles. The standard InChI is InChI=1S/C12H16Br2N2/c1-8-6-10(15)4-5-16(8)12-3-2-9(13)7-11(12)14/h2-3,7-8,10H,4-6,15H2,1H3. The molecule has 1 saturated heterocycles. The zero-order valence-electron chi connectivity index (χ0n) is 9.29. The third kappa shape index (κ3) is 2.60. The van der Waals surface area contributed by atoms with Crippen LogP contribution in [0.25, 0.3) is 0 Å². The second-order valence-electron chi connectivity index (χ2n) is 4.42. The van der Waals surface area contributed by atoms with Crippen LogP contribution in [0.5, 0.6) is 0 Å². The number of hydrogen-bond acceptors (Lipinski definition) is 2. The van der Waals surface area contributed by atoms with Crippen LogP contribution in [0.3, 0.4) is 0 Å². The van der Waals surface area contributed by atoms with Crippen molar-refractivity contribution in [3.63, 3.8) is 0 Å². The lowest BCUT2D eigenvalue weighted by Crippen LogP contribution is -2.45. The van der Waals surface area contributed by atoms with Crippen molar-refractivity contribution in [3.8, 4) is 0 Å². The summed E-state index contributed by atoms with van der Waals surface area (Å²) in [5.74, 6) is 0. The lowest BCUT2D eigenvalue weighted by Gasteiger charge is -2.38. The largest absolute Gasteiger partial charge is 0.368 e. The molecular formula is C12H16Br2N2. The smallest absolute Gasteiger partial charge is 0.0513 e. The Morgan fingerprint density at radius 1 is 1.38 bits per heavy atom. The van der Waals surface area contributed by atoms with Crippen molar-refractivity contribution in [2.45, 2.75) is 31.8 Å². The average molecular weight is 348 g/mol. The van der Waals surface area contributed by atoms with Crippen LogP contribution in [-0.2, 0) is 0 Å². The van der Waals surface area contributed by atoms with E-state index in [0.717, 1.165) is 28.3 Å². The maximum Gasteiger partial charge on any atom is 0.0513 e. The van der Waals surface area contributed by atoms with Crippen LogP contribution >= 0.6 is 31.9 Å². The fourth-order valence-electron chi connectivity index (χ4n) is 2.28. The SMILES string of the molecule is CC1CC(N)CCN1c1ccc(Br)cc1Br. The van der Waals surface area contributed by atoms with E-state index in [-0.39, 0.29) is 0 Å². The fourth-order valence-corrected chi connectivity index (χ4v) is 3.56. The predicted octanol–water partition coefficient (Wildman–Crippen LogP) is 3.53. The summed E-state index contributed by atoms with van der Waals surface area (Å²) in [6.07, 6.45) is 2.15. The Morgan fingerprint density at radius 2 is 2.12 bits per heavy atom. The predicted molar refractivity (Wildman–Crippen MR) is 75.9 cm³/mol. The Balaban J connectivity index is 2.23. The minimum absolute atomic E-state index is 0.362. The number of halogens is 2. The highest BCUT2D eigenvalue weighted by Crippen LogP contribution is 2.33. The highest BCUT2D eigenvalue weighted by molar-refractivity contribution is 9.11. The van der Waals surface area contributed by atoms with Gasteiger partial charge in [0.1, 0.15) is 0 Å². The van der Waals surface area contributed by atoms with Gasteiger partial charge in [0, 0.05) is 27.6 Å². The van der Waals surface area contributed by atoms with Gasteiger partial charge in [-0.25, -0.2) is 0 Å². The van der Waals surface area contributed by atoms with E-state index < -0.39 is 0 Å². The van der Waals surface area contributed by atoms with Gasteiger partial charge < -0.3 is 10.6 Å². The summed E-state index contributed by atoms with van der Waals surface area (Å²) in [6.45, 7) is 3.29. The summed E-state index contributed by atoms with van der Waals surface area (Å²) >= 11 is 7.10. The summed E-state index contributed by atoms with van der Waals surface area (Å²) in [7, 11) is 0. The van der Waals surface area contributed by atoms with E-state index in [9.17, 15) is 0 Å². The van der Waals surface area contributed by atoms with Gasteiger partial charge in [0.05, 0.1) is 5.69 Å². The molecule has 1 aliphatic rings. The normalized spacial score (nSPS) is 25.9. The van der Waals surface area contributed by atoms with E-state index in [1.807, 2.05) is 0 Å². The van der Waals surface area contributed by atoms with Gasteiger partial charge in [-0.15, -0.1) is 0 Å². The van der Waals surface area contributed by atoms with Crippen molar-refractivity contribution in [1.29, 1.82) is 0 Å². The Hall–Kier alpha value is -0.0600. The lowest BCUT2D eigenvalue weighted by molar-refractivity contribution is 0.429. The van der Waals surface area contributed by atoms with Gasteiger partial charge in [-0.1, -0.05) is 15.9 Å². The molecule has 0 spiro atoms. The molecule has 0 aliphatic carbocycles. The van der Waals surface area contributed by atoms with Crippen molar-refractivity contribution in [2.75, 3.05) is 11.4 Å². The van der Waals surface area contributed by atoms with Crippen LogP contribution < -0.4 is 10.6 Å². The van der Waals surface area contributed by atoms with Gasteiger partial charge in [0.15, 0.2) is 0 Å². The van der Waals surface area contributed by atoms with E-state index in [0.29, 0.717) is 12.1 Å². The molecule has 2 unspecified atom stereocenters. The topological polar surface area (TPSA) is 29.3 Å². The van der Waals surface area contributed by atoms with E-state index >= 15 is 0 Å². The second-order valence-corrected chi connectivity index (χ2v) is 6.19. The van der Waals surface area contributed by atoms with Crippen LogP contribution in [0, 0.1) is 0 Å². The molecule has 2 atom stereocenters. The van der Waals surface area contributed by atoms with Crippen molar-refractivity contribution >= 4 is 37.5 Å². The Kier molecular flexibility index (Phi) is 3.93.